The zero-order chi connectivity index (χ0) is 22.2. The van der Waals surface area contributed by atoms with E-state index in [1.807, 2.05) is 65.0 Å². The molecule has 2 atom stereocenters. The molecule has 0 saturated heterocycles. The molecule has 1 aromatic rings. The molecule has 1 rings (SSSR count). The molecule has 0 aliphatic heterocycles. The van der Waals surface area contributed by atoms with Crippen molar-refractivity contribution < 1.29 is 19.2 Å². The lowest BCUT2D eigenvalue weighted by molar-refractivity contribution is -0.150. The minimum absolute atomic E-state index is 0.0613. The molecule has 0 aromatic heterocycles. The SMILES string of the molecule is CC(C)C[C@H](CC(=O)NOCc1ccccc1)C(=O)N(C)C(=O)[C@@H](N)C(C)(C)C. The summed E-state index contributed by atoms with van der Waals surface area (Å²) < 4.78 is 0. The fourth-order valence-electron chi connectivity index (χ4n) is 2.84. The second-order valence-electron chi connectivity index (χ2n) is 8.91. The van der Waals surface area contributed by atoms with Crippen LogP contribution in [0.4, 0.5) is 0 Å². The zero-order valence-corrected chi connectivity index (χ0v) is 18.4. The molecule has 3 N–H and O–H groups in total. The summed E-state index contributed by atoms with van der Waals surface area (Å²) in [5.41, 5.74) is 8.85. The van der Waals surface area contributed by atoms with E-state index in [-0.39, 0.29) is 18.9 Å². The lowest BCUT2D eigenvalue weighted by atomic mass is 9.86. The van der Waals surface area contributed by atoms with Crippen molar-refractivity contribution >= 4 is 17.7 Å². The van der Waals surface area contributed by atoms with Gasteiger partial charge in [0.05, 0.1) is 12.6 Å². The summed E-state index contributed by atoms with van der Waals surface area (Å²) in [4.78, 5) is 44.1. The van der Waals surface area contributed by atoms with Crippen molar-refractivity contribution in [2.24, 2.45) is 23.0 Å². The van der Waals surface area contributed by atoms with Crippen LogP contribution in [0.15, 0.2) is 30.3 Å². The molecule has 0 radical (unpaired) electrons. The lowest BCUT2D eigenvalue weighted by Gasteiger charge is -2.31. The number of carbonyl (C=O) groups is 3. The Morgan fingerprint density at radius 1 is 1.10 bits per heavy atom. The van der Waals surface area contributed by atoms with Gasteiger partial charge in [0.25, 0.3) is 0 Å². The summed E-state index contributed by atoms with van der Waals surface area (Å²) in [6, 6.07) is 8.62. The van der Waals surface area contributed by atoms with Crippen molar-refractivity contribution in [1.29, 1.82) is 0 Å². The standard InChI is InChI=1S/C22H35N3O4/c1-15(2)12-17(20(27)25(6)21(28)19(23)22(3,4)5)13-18(26)24-29-14-16-10-8-7-9-11-16/h7-11,15,17,19H,12-14,23H2,1-6H3,(H,24,26)/t17-,19-/m1/s1. The third-order valence-corrected chi connectivity index (χ3v) is 4.66. The molecular weight excluding hydrogens is 370 g/mol. The van der Waals surface area contributed by atoms with Gasteiger partial charge in [-0.2, -0.15) is 0 Å². The van der Waals surface area contributed by atoms with Crippen molar-refractivity contribution in [3.05, 3.63) is 35.9 Å². The highest BCUT2D eigenvalue weighted by atomic mass is 16.6. The maximum atomic E-state index is 12.9. The Kier molecular flexibility index (Phi) is 9.46. The van der Waals surface area contributed by atoms with E-state index in [2.05, 4.69) is 5.48 Å². The van der Waals surface area contributed by atoms with Crippen LogP contribution in [-0.4, -0.2) is 35.7 Å². The van der Waals surface area contributed by atoms with Gasteiger partial charge in [-0.1, -0.05) is 65.0 Å². The van der Waals surface area contributed by atoms with Gasteiger partial charge in [-0.25, -0.2) is 5.48 Å². The van der Waals surface area contributed by atoms with E-state index >= 15 is 0 Å². The second kappa shape index (κ2) is 11.1. The first-order valence-corrected chi connectivity index (χ1v) is 9.95. The third-order valence-electron chi connectivity index (χ3n) is 4.66. The van der Waals surface area contributed by atoms with Crippen molar-refractivity contribution in [2.75, 3.05) is 7.05 Å². The van der Waals surface area contributed by atoms with Crippen molar-refractivity contribution in [1.82, 2.24) is 10.4 Å². The van der Waals surface area contributed by atoms with Gasteiger partial charge in [0.1, 0.15) is 0 Å². The number of likely N-dealkylation sites (N-methyl/N-ethyl adjacent to an activating group) is 1. The first kappa shape index (κ1) is 24.8. The number of hydrogen-bond donors (Lipinski definition) is 2. The molecule has 1 aromatic carbocycles. The van der Waals surface area contributed by atoms with Gasteiger partial charge in [-0.3, -0.25) is 24.1 Å². The van der Waals surface area contributed by atoms with Crippen molar-refractivity contribution in [2.45, 2.75) is 60.1 Å². The summed E-state index contributed by atoms with van der Waals surface area (Å²) >= 11 is 0. The Morgan fingerprint density at radius 2 is 1.69 bits per heavy atom. The molecule has 3 amide bonds. The van der Waals surface area contributed by atoms with Gasteiger partial charge in [0, 0.05) is 19.4 Å². The predicted octanol–water partition coefficient (Wildman–Crippen LogP) is 2.65. The molecule has 0 bridgehead atoms. The Labute approximate surface area is 173 Å². The van der Waals surface area contributed by atoms with Gasteiger partial charge in [0.15, 0.2) is 0 Å². The van der Waals surface area contributed by atoms with E-state index in [0.717, 1.165) is 10.5 Å². The third kappa shape index (κ3) is 8.33. The number of imide groups is 1. The summed E-state index contributed by atoms with van der Waals surface area (Å²) in [7, 11) is 1.42. The Morgan fingerprint density at radius 3 is 2.21 bits per heavy atom. The topological polar surface area (TPSA) is 102 Å². The van der Waals surface area contributed by atoms with Crippen LogP contribution < -0.4 is 11.2 Å². The minimum Gasteiger partial charge on any atom is -0.319 e. The average molecular weight is 406 g/mol. The molecule has 0 heterocycles. The van der Waals surface area contributed by atoms with E-state index in [4.69, 9.17) is 10.6 Å². The van der Waals surface area contributed by atoms with Gasteiger partial charge in [-0.15, -0.1) is 0 Å². The molecule has 29 heavy (non-hydrogen) atoms. The van der Waals surface area contributed by atoms with Crippen LogP contribution >= 0.6 is 0 Å². The fraction of sp³-hybridized carbons (Fsp3) is 0.591. The molecule has 7 nitrogen and oxygen atoms in total. The van der Waals surface area contributed by atoms with E-state index < -0.39 is 35.1 Å². The molecular formula is C22H35N3O4. The number of nitrogens with one attached hydrogen (secondary N) is 1. The summed E-state index contributed by atoms with van der Waals surface area (Å²) in [6.07, 6.45) is 0.418. The molecule has 0 spiro atoms. The Hall–Kier alpha value is -2.25. The maximum absolute atomic E-state index is 12.9. The second-order valence-corrected chi connectivity index (χ2v) is 8.91. The maximum Gasteiger partial charge on any atom is 0.246 e. The lowest BCUT2D eigenvalue weighted by Crippen LogP contribution is -2.52. The summed E-state index contributed by atoms with van der Waals surface area (Å²) in [6.45, 7) is 9.69. The largest absolute Gasteiger partial charge is 0.319 e. The smallest absolute Gasteiger partial charge is 0.246 e. The number of nitrogens with two attached hydrogens (primary N) is 1. The molecule has 0 aliphatic carbocycles. The molecule has 162 valence electrons. The highest BCUT2D eigenvalue weighted by Gasteiger charge is 2.35. The molecule has 0 fully saturated rings. The summed E-state index contributed by atoms with van der Waals surface area (Å²) in [5.74, 6) is -1.70. The normalized spacial score (nSPS) is 13.7. The van der Waals surface area contributed by atoms with E-state index in [9.17, 15) is 14.4 Å². The van der Waals surface area contributed by atoms with Crippen LogP contribution in [0.2, 0.25) is 0 Å². The van der Waals surface area contributed by atoms with Crippen molar-refractivity contribution in [3.63, 3.8) is 0 Å². The fourth-order valence-corrected chi connectivity index (χ4v) is 2.84. The van der Waals surface area contributed by atoms with E-state index in [0.29, 0.717) is 6.42 Å². The molecule has 0 saturated carbocycles. The Bertz CT molecular complexity index is 683. The molecule has 0 unspecified atom stereocenters. The van der Waals surface area contributed by atoms with Gasteiger partial charge in [-0.05, 0) is 23.3 Å². The first-order chi connectivity index (χ1) is 13.4. The number of nitrogens with zero attached hydrogens (tertiary/aromatic N) is 1. The highest BCUT2D eigenvalue weighted by molar-refractivity contribution is 5.99. The number of hydroxylamine groups is 1. The Balaban J connectivity index is 2.70. The zero-order valence-electron chi connectivity index (χ0n) is 18.4. The summed E-state index contributed by atoms with van der Waals surface area (Å²) in [5, 5.41) is 0. The number of benzene rings is 1. The quantitative estimate of drug-likeness (QED) is 0.615. The first-order valence-electron chi connectivity index (χ1n) is 9.95. The number of carbonyl (C=O) groups excluding carboxylic acids is 3. The monoisotopic (exact) mass is 405 g/mol. The van der Waals surface area contributed by atoms with Gasteiger partial charge >= 0.3 is 0 Å². The number of amides is 3. The van der Waals surface area contributed by atoms with Gasteiger partial charge < -0.3 is 5.73 Å². The van der Waals surface area contributed by atoms with Crippen LogP contribution in [0.25, 0.3) is 0 Å². The van der Waals surface area contributed by atoms with Crippen LogP contribution in [0.5, 0.6) is 0 Å². The van der Waals surface area contributed by atoms with Crippen LogP contribution in [0.1, 0.15) is 53.0 Å². The van der Waals surface area contributed by atoms with Crippen LogP contribution in [0, 0.1) is 17.3 Å². The van der Waals surface area contributed by atoms with Crippen molar-refractivity contribution in [3.8, 4) is 0 Å². The predicted molar refractivity (Wildman–Crippen MR) is 112 cm³/mol. The highest BCUT2D eigenvalue weighted by Crippen LogP contribution is 2.22. The average Bonchev–Trinajstić information content (AvgIpc) is 2.64. The minimum atomic E-state index is -0.806. The number of rotatable bonds is 9. The van der Waals surface area contributed by atoms with Crippen LogP contribution in [0.3, 0.4) is 0 Å². The molecule has 0 aliphatic rings. The molecule has 7 heteroatoms. The van der Waals surface area contributed by atoms with E-state index in [1.54, 1.807) is 0 Å². The van der Waals surface area contributed by atoms with Gasteiger partial charge in [0.2, 0.25) is 17.7 Å². The number of hydrogen-bond acceptors (Lipinski definition) is 5. The van der Waals surface area contributed by atoms with Crippen LogP contribution in [-0.2, 0) is 25.8 Å². The van der Waals surface area contributed by atoms with E-state index in [1.165, 1.54) is 7.05 Å².